The Morgan fingerprint density at radius 2 is 1.89 bits per heavy atom. The average Bonchev–Trinajstić information content (AvgIpc) is 3.59. The Morgan fingerprint density at radius 1 is 1.14 bits per heavy atom. The number of methoxy groups -OCH3 is 1. The van der Waals surface area contributed by atoms with E-state index in [4.69, 9.17) is 9.47 Å². The van der Waals surface area contributed by atoms with Gasteiger partial charge in [-0.1, -0.05) is 25.1 Å². The fourth-order valence-electron chi connectivity index (χ4n) is 5.07. The number of fused-ring (bicyclic) bond motifs is 1. The second kappa shape index (κ2) is 10.6. The van der Waals surface area contributed by atoms with Crippen LogP contribution in [0.2, 0.25) is 0 Å². The van der Waals surface area contributed by atoms with Gasteiger partial charge in [-0.3, -0.25) is 4.79 Å². The van der Waals surface area contributed by atoms with Crippen molar-refractivity contribution in [3.63, 3.8) is 0 Å². The molecule has 0 spiro atoms. The van der Waals surface area contributed by atoms with Crippen LogP contribution in [0.5, 0.6) is 0 Å². The minimum Gasteiger partial charge on any atom is -0.444 e. The van der Waals surface area contributed by atoms with E-state index in [0.717, 1.165) is 38.8 Å². The fourth-order valence-corrected chi connectivity index (χ4v) is 5.07. The monoisotopic (exact) mass is 483 g/mol. The first-order valence-corrected chi connectivity index (χ1v) is 13.0. The number of likely N-dealkylation sites (tertiary alicyclic amines) is 1. The molecule has 1 aromatic heterocycles. The molecule has 0 N–H and O–H groups in total. The minimum absolute atomic E-state index is 0.171. The SMILES string of the molecule is COCCCn1cc(CN(C(=O)[C@H]2CN(C(=O)OC(C)(C)C)CC[C@@H]2C)C2CC2)c2ccccc21. The molecule has 2 aromatic rings. The molecule has 0 radical (unpaired) electrons. The fraction of sp³-hybridized carbons (Fsp3) is 0.643. The van der Waals surface area contributed by atoms with Gasteiger partial charge in [-0.05, 0) is 64.0 Å². The molecular weight excluding hydrogens is 442 g/mol. The van der Waals surface area contributed by atoms with E-state index in [1.165, 1.54) is 16.5 Å². The summed E-state index contributed by atoms with van der Waals surface area (Å²) in [5.74, 6) is 0.203. The number of aryl methyl sites for hydroxylation is 1. The van der Waals surface area contributed by atoms with Gasteiger partial charge in [-0.25, -0.2) is 4.79 Å². The highest BCUT2D eigenvalue weighted by molar-refractivity contribution is 5.85. The first-order valence-electron chi connectivity index (χ1n) is 13.0. The molecule has 1 aromatic carbocycles. The molecule has 7 nitrogen and oxygen atoms in total. The Balaban J connectivity index is 1.52. The summed E-state index contributed by atoms with van der Waals surface area (Å²) in [7, 11) is 1.73. The van der Waals surface area contributed by atoms with Gasteiger partial charge in [0.1, 0.15) is 5.60 Å². The molecule has 1 saturated heterocycles. The van der Waals surface area contributed by atoms with Gasteiger partial charge < -0.3 is 23.8 Å². The van der Waals surface area contributed by atoms with Crippen LogP contribution in [-0.2, 0) is 27.4 Å². The van der Waals surface area contributed by atoms with Crippen molar-refractivity contribution in [2.24, 2.45) is 11.8 Å². The summed E-state index contributed by atoms with van der Waals surface area (Å²) in [5, 5.41) is 1.20. The number of hydrogen-bond acceptors (Lipinski definition) is 4. The zero-order valence-corrected chi connectivity index (χ0v) is 22.0. The zero-order chi connectivity index (χ0) is 25.2. The van der Waals surface area contributed by atoms with Crippen molar-refractivity contribution >= 4 is 22.9 Å². The number of nitrogens with zero attached hydrogens (tertiary/aromatic N) is 3. The summed E-state index contributed by atoms with van der Waals surface area (Å²) in [6.07, 6.45) is 5.75. The third-order valence-electron chi connectivity index (χ3n) is 7.16. The van der Waals surface area contributed by atoms with Crippen molar-refractivity contribution in [3.8, 4) is 0 Å². The van der Waals surface area contributed by atoms with Crippen LogP contribution >= 0.6 is 0 Å². The summed E-state index contributed by atoms with van der Waals surface area (Å²) in [5.41, 5.74) is 1.84. The van der Waals surface area contributed by atoms with E-state index in [1.807, 2.05) is 20.8 Å². The molecule has 192 valence electrons. The number of hydrogen-bond donors (Lipinski definition) is 0. The van der Waals surface area contributed by atoms with Crippen LogP contribution in [0.15, 0.2) is 30.5 Å². The number of ether oxygens (including phenoxy) is 2. The van der Waals surface area contributed by atoms with Gasteiger partial charge in [0.05, 0.1) is 5.92 Å². The number of amides is 2. The zero-order valence-electron chi connectivity index (χ0n) is 22.0. The van der Waals surface area contributed by atoms with Crippen molar-refractivity contribution in [2.75, 3.05) is 26.8 Å². The van der Waals surface area contributed by atoms with E-state index in [2.05, 4.69) is 46.9 Å². The Bertz CT molecular complexity index is 1040. The van der Waals surface area contributed by atoms with Gasteiger partial charge in [0.2, 0.25) is 5.91 Å². The van der Waals surface area contributed by atoms with E-state index in [0.29, 0.717) is 25.7 Å². The second-order valence-electron chi connectivity index (χ2n) is 11.2. The topological polar surface area (TPSA) is 64.0 Å². The lowest BCUT2D eigenvalue weighted by atomic mass is 9.86. The normalized spacial score (nSPS) is 20.8. The molecule has 35 heavy (non-hydrogen) atoms. The van der Waals surface area contributed by atoms with E-state index in [-0.39, 0.29) is 23.8 Å². The van der Waals surface area contributed by atoms with Gasteiger partial charge in [-0.15, -0.1) is 0 Å². The van der Waals surface area contributed by atoms with Gasteiger partial charge >= 0.3 is 6.09 Å². The molecule has 0 unspecified atom stereocenters. The Labute approximate surface area is 209 Å². The Morgan fingerprint density at radius 3 is 2.57 bits per heavy atom. The lowest BCUT2D eigenvalue weighted by Gasteiger charge is -2.39. The largest absolute Gasteiger partial charge is 0.444 e. The minimum atomic E-state index is -0.544. The van der Waals surface area contributed by atoms with Crippen molar-refractivity contribution in [1.82, 2.24) is 14.4 Å². The van der Waals surface area contributed by atoms with Gasteiger partial charge in [0, 0.05) is 63.0 Å². The summed E-state index contributed by atoms with van der Waals surface area (Å²) < 4.78 is 13.1. The molecule has 0 bridgehead atoms. The van der Waals surface area contributed by atoms with E-state index >= 15 is 0 Å². The number of para-hydroxylation sites is 1. The Hall–Kier alpha value is -2.54. The highest BCUT2D eigenvalue weighted by Crippen LogP contribution is 2.35. The number of aromatic nitrogens is 1. The van der Waals surface area contributed by atoms with Gasteiger partial charge in [0.15, 0.2) is 0 Å². The highest BCUT2D eigenvalue weighted by Gasteiger charge is 2.41. The average molecular weight is 484 g/mol. The maximum absolute atomic E-state index is 13.9. The number of rotatable bonds is 8. The third-order valence-corrected chi connectivity index (χ3v) is 7.16. The lowest BCUT2D eigenvalue weighted by molar-refractivity contribution is -0.140. The van der Waals surface area contributed by atoms with Crippen molar-refractivity contribution in [1.29, 1.82) is 0 Å². The molecule has 1 aliphatic heterocycles. The van der Waals surface area contributed by atoms with E-state index < -0.39 is 5.60 Å². The van der Waals surface area contributed by atoms with Crippen molar-refractivity contribution in [2.45, 2.75) is 78.1 Å². The van der Waals surface area contributed by atoms with Gasteiger partial charge in [0.25, 0.3) is 0 Å². The summed E-state index contributed by atoms with van der Waals surface area (Å²) >= 11 is 0. The van der Waals surface area contributed by atoms with Crippen molar-refractivity contribution < 1.29 is 19.1 Å². The summed E-state index contributed by atoms with van der Waals surface area (Å²) in [4.78, 5) is 30.5. The van der Waals surface area contributed by atoms with Crippen LogP contribution in [0.3, 0.4) is 0 Å². The quantitative estimate of drug-likeness (QED) is 0.492. The number of carbonyl (C=O) groups is 2. The molecule has 2 aliphatic rings. The summed E-state index contributed by atoms with van der Waals surface area (Å²) in [6.45, 7) is 11.0. The van der Waals surface area contributed by atoms with Crippen LogP contribution in [0.1, 0.15) is 58.9 Å². The van der Waals surface area contributed by atoms with Crippen LogP contribution < -0.4 is 0 Å². The molecule has 7 heteroatoms. The predicted octanol–water partition coefficient (Wildman–Crippen LogP) is 5.06. The van der Waals surface area contributed by atoms with E-state index in [1.54, 1.807) is 12.0 Å². The molecule has 1 saturated carbocycles. The number of carbonyl (C=O) groups excluding carboxylic acids is 2. The maximum Gasteiger partial charge on any atom is 0.410 e. The highest BCUT2D eigenvalue weighted by atomic mass is 16.6. The number of benzene rings is 1. The molecule has 2 amide bonds. The van der Waals surface area contributed by atoms with Crippen LogP contribution in [0.4, 0.5) is 4.79 Å². The van der Waals surface area contributed by atoms with E-state index in [9.17, 15) is 9.59 Å². The first kappa shape index (κ1) is 25.5. The molecule has 2 atom stereocenters. The van der Waals surface area contributed by atoms with Crippen molar-refractivity contribution in [3.05, 3.63) is 36.0 Å². The van der Waals surface area contributed by atoms with Crippen LogP contribution in [0.25, 0.3) is 10.9 Å². The Kier molecular flexibility index (Phi) is 7.74. The standard InChI is InChI=1S/C28H41N3O4/c1-20-13-15-30(27(33)35-28(2,3)4)19-24(20)26(32)31(22-11-12-22)18-21-17-29(14-8-16-34-5)25-10-7-6-9-23(21)25/h6-7,9-10,17,20,22,24H,8,11-16,18-19H2,1-5H3/t20-,24-/m0/s1. The smallest absolute Gasteiger partial charge is 0.410 e. The third kappa shape index (κ3) is 6.18. The second-order valence-corrected chi connectivity index (χ2v) is 11.2. The molecule has 2 heterocycles. The summed E-state index contributed by atoms with van der Waals surface area (Å²) in [6, 6.07) is 8.73. The molecule has 2 fully saturated rings. The predicted molar refractivity (Wildman–Crippen MR) is 137 cm³/mol. The van der Waals surface area contributed by atoms with Crippen LogP contribution in [-0.4, -0.2) is 64.8 Å². The maximum atomic E-state index is 13.9. The molecule has 4 rings (SSSR count). The molecular formula is C28H41N3O4. The first-order chi connectivity index (χ1) is 16.7. The van der Waals surface area contributed by atoms with Gasteiger partial charge in [-0.2, -0.15) is 0 Å². The van der Waals surface area contributed by atoms with Crippen LogP contribution in [0, 0.1) is 11.8 Å². The lowest BCUT2D eigenvalue weighted by Crippen LogP contribution is -2.51. The molecule has 1 aliphatic carbocycles. The number of piperidine rings is 1.